The molecule has 2 aliphatic rings. The average molecular weight is 420 g/mol. The topological polar surface area (TPSA) is 104 Å². The first kappa shape index (κ1) is 20.9. The van der Waals surface area contributed by atoms with Gasteiger partial charge < -0.3 is 19.4 Å². The molecule has 0 bridgehead atoms. The maximum absolute atomic E-state index is 12.8. The maximum Gasteiger partial charge on any atom is 0.290 e. The molecule has 29 heavy (non-hydrogen) atoms. The van der Waals surface area contributed by atoms with Crippen LogP contribution in [0, 0.1) is 0 Å². The number of amides is 2. The van der Waals surface area contributed by atoms with Crippen LogP contribution in [-0.4, -0.2) is 50.9 Å². The third-order valence-electron chi connectivity index (χ3n) is 4.99. The van der Waals surface area contributed by atoms with Gasteiger partial charge in [0.05, 0.1) is 6.54 Å². The predicted molar refractivity (Wildman–Crippen MR) is 104 cm³/mol. The number of carboxylic acid groups (broad SMARTS) is 1. The zero-order valence-electron chi connectivity index (χ0n) is 16.0. The van der Waals surface area contributed by atoms with Crippen LogP contribution in [0.5, 0.6) is 0 Å². The Bertz CT molecular complexity index is 896. The van der Waals surface area contributed by atoms with Crippen molar-refractivity contribution >= 4 is 29.9 Å². The number of carbonyl (C=O) groups is 3. The Balaban J connectivity index is 0.000000755. The third-order valence-corrected chi connectivity index (χ3v) is 5.36. The summed E-state index contributed by atoms with van der Waals surface area (Å²) in [6.07, 6.45) is 2.26. The van der Waals surface area contributed by atoms with Gasteiger partial charge in [-0.15, -0.1) is 0 Å². The Labute approximate surface area is 173 Å². The molecule has 0 spiro atoms. The lowest BCUT2D eigenvalue weighted by Crippen LogP contribution is -2.58. The summed E-state index contributed by atoms with van der Waals surface area (Å²) in [5, 5.41) is 11.5. The first-order valence-electron chi connectivity index (χ1n) is 9.29. The number of carbonyl (C=O) groups excluding carboxylic acids is 2. The monoisotopic (exact) mass is 419 g/mol. The molecule has 0 unspecified atom stereocenters. The fourth-order valence-corrected chi connectivity index (χ4v) is 3.47. The average Bonchev–Trinajstić information content (AvgIpc) is 3.44. The number of hydrogen-bond donors (Lipinski definition) is 1. The van der Waals surface area contributed by atoms with Crippen LogP contribution in [0.15, 0.2) is 34.9 Å². The van der Waals surface area contributed by atoms with E-state index in [1.807, 2.05) is 24.3 Å². The van der Waals surface area contributed by atoms with Crippen LogP contribution in [0.25, 0.3) is 0 Å². The van der Waals surface area contributed by atoms with Crippen molar-refractivity contribution in [1.29, 1.82) is 0 Å². The molecule has 9 heteroatoms. The second-order valence-corrected chi connectivity index (χ2v) is 7.49. The molecule has 4 rings (SSSR count). The van der Waals surface area contributed by atoms with E-state index < -0.39 is 6.04 Å². The van der Waals surface area contributed by atoms with Crippen LogP contribution in [0.1, 0.15) is 42.7 Å². The number of nitrogens with zero attached hydrogens (tertiary/aromatic N) is 3. The molecular weight excluding hydrogens is 398 g/mol. The molecule has 1 aliphatic heterocycles. The standard InChI is InChI=1S/C19H20ClN3O3.CH2O2/c1-12-19(25)22(9-14-4-2-3-5-16(14)20)11-18(24)23(12)10-15-8-17(26-21-15)13-6-7-13;2-1-3/h2-5,8,12-13H,6-7,9-11H2,1H3;1H,(H,2,3)/t12-;/m0./s1. The predicted octanol–water partition coefficient (Wildman–Crippen LogP) is 2.67. The SMILES string of the molecule is C[C@H]1C(=O)N(Cc2ccccc2Cl)CC(=O)N1Cc1cc(C2CC2)on1.O=CO. The molecule has 1 saturated heterocycles. The van der Waals surface area contributed by atoms with Crippen molar-refractivity contribution in [3.63, 3.8) is 0 Å². The molecular formula is C20H22ClN3O5. The molecule has 2 heterocycles. The van der Waals surface area contributed by atoms with Gasteiger partial charge in [-0.25, -0.2) is 0 Å². The van der Waals surface area contributed by atoms with Crippen molar-refractivity contribution < 1.29 is 24.0 Å². The Hall–Kier alpha value is -2.87. The number of benzene rings is 1. The van der Waals surface area contributed by atoms with Gasteiger partial charge >= 0.3 is 0 Å². The summed E-state index contributed by atoms with van der Waals surface area (Å²) in [5.74, 6) is 1.16. The van der Waals surface area contributed by atoms with E-state index in [9.17, 15) is 9.59 Å². The highest BCUT2D eigenvalue weighted by Gasteiger charge is 2.37. The number of rotatable bonds is 5. The molecule has 1 atom stereocenters. The summed E-state index contributed by atoms with van der Waals surface area (Å²) < 4.78 is 5.34. The van der Waals surface area contributed by atoms with Crippen LogP contribution in [0.2, 0.25) is 5.02 Å². The van der Waals surface area contributed by atoms with E-state index in [1.54, 1.807) is 22.8 Å². The van der Waals surface area contributed by atoms with Crippen LogP contribution < -0.4 is 0 Å². The quantitative estimate of drug-likeness (QED) is 0.747. The molecule has 1 aliphatic carbocycles. The van der Waals surface area contributed by atoms with Gasteiger partial charge in [0.2, 0.25) is 11.8 Å². The highest BCUT2D eigenvalue weighted by Crippen LogP contribution is 2.40. The maximum atomic E-state index is 12.8. The van der Waals surface area contributed by atoms with Gasteiger partial charge in [-0.3, -0.25) is 14.4 Å². The van der Waals surface area contributed by atoms with Gasteiger partial charge in [0.25, 0.3) is 6.47 Å². The van der Waals surface area contributed by atoms with Crippen molar-refractivity contribution in [2.24, 2.45) is 0 Å². The Morgan fingerprint density at radius 1 is 1.28 bits per heavy atom. The van der Waals surface area contributed by atoms with Crippen LogP contribution in [0.3, 0.4) is 0 Å². The fourth-order valence-electron chi connectivity index (χ4n) is 3.27. The van der Waals surface area contributed by atoms with E-state index in [0.29, 0.717) is 29.7 Å². The number of hydrogen-bond acceptors (Lipinski definition) is 5. The van der Waals surface area contributed by atoms with Crippen LogP contribution in [0.4, 0.5) is 0 Å². The van der Waals surface area contributed by atoms with Gasteiger partial charge in [-0.05, 0) is 31.4 Å². The lowest BCUT2D eigenvalue weighted by Gasteiger charge is -2.38. The summed E-state index contributed by atoms with van der Waals surface area (Å²) in [6.45, 7) is 2.17. The number of piperazine rings is 1. The Kier molecular flexibility index (Phi) is 6.53. The van der Waals surface area contributed by atoms with Crippen molar-refractivity contribution in [2.75, 3.05) is 6.54 Å². The van der Waals surface area contributed by atoms with E-state index >= 15 is 0 Å². The van der Waals surface area contributed by atoms with Gasteiger partial charge in [0, 0.05) is 23.6 Å². The molecule has 1 aromatic heterocycles. The second kappa shape index (κ2) is 9.09. The van der Waals surface area contributed by atoms with Crippen molar-refractivity contribution in [3.05, 3.63) is 52.4 Å². The van der Waals surface area contributed by atoms with Crippen LogP contribution in [-0.2, 0) is 27.5 Å². The van der Waals surface area contributed by atoms with E-state index in [1.165, 1.54) is 0 Å². The van der Waals surface area contributed by atoms with Crippen molar-refractivity contribution in [3.8, 4) is 0 Å². The smallest absolute Gasteiger partial charge is 0.290 e. The van der Waals surface area contributed by atoms with Gasteiger partial charge in [0.15, 0.2) is 0 Å². The lowest BCUT2D eigenvalue weighted by atomic mass is 10.1. The largest absolute Gasteiger partial charge is 0.483 e. The summed E-state index contributed by atoms with van der Waals surface area (Å²) in [6, 6.07) is 8.72. The molecule has 1 saturated carbocycles. The molecule has 2 amide bonds. The number of aromatic nitrogens is 1. The molecule has 154 valence electrons. The van der Waals surface area contributed by atoms with E-state index in [0.717, 1.165) is 24.2 Å². The molecule has 0 radical (unpaired) electrons. The lowest BCUT2D eigenvalue weighted by molar-refractivity contribution is -0.156. The van der Waals surface area contributed by atoms with Gasteiger partial charge in [-0.2, -0.15) is 0 Å². The minimum absolute atomic E-state index is 0.0434. The second-order valence-electron chi connectivity index (χ2n) is 7.08. The molecule has 2 aromatic rings. The van der Waals surface area contributed by atoms with Crippen molar-refractivity contribution in [1.82, 2.24) is 15.0 Å². The zero-order valence-corrected chi connectivity index (χ0v) is 16.7. The normalized spacial score (nSPS) is 19.0. The third kappa shape index (κ3) is 4.95. The molecule has 8 nitrogen and oxygen atoms in total. The van der Waals surface area contributed by atoms with E-state index in [4.69, 9.17) is 26.0 Å². The number of halogens is 1. The summed E-state index contributed by atoms with van der Waals surface area (Å²) in [4.78, 5) is 36.9. The Morgan fingerprint density at radius 2 is 1.97 bits per heavy atom. The summed E-state index contributed by atoms with van der Waals surface area (Å²) >= 11 is 6.18. The molecule has 1 aromatic carbocycles. The summed E-state index contributed by atoms with van der Waals surface area (Å²) in [5.41, 5.74) is 1.53. The first-order valence-corrected chi connectivity index (χ1v) is 9.67. The summed E-state index contributed by atoms with van der Waals surface area (Å²) in [7, 11) is 0. The first-order chi connectivity index (χ1) is 13.9. The fraction of sp³-hybridized carbons (Fsp3) is 0.400. The van der Waals surface area contributed by atoms with E-state index in [2.05, 4.69) is 5.16 Å². The minimum Gasteiger partial charge on any atom is -0.483 e. The Morgan fingerprint density at radius 3 is 2.62 bits per heavy atom. The zero-order chi connectivity index (χ0) is 21.0. The van der Waals surface area contributed by atoms with Crippen molar-refractivity contribution in [2.45, 2.75) is 44.8 Å². The molecule has 2 fully saturated rings. The van der Waals surface area contributed by atoms with E-state index in [-0.39, 0.29) is 24.8 Å². The minimum atomic E-state index is -0.542. The highest BCUT2D eigenvalue weighted by molar-refractivity contribution is 6.31. The van der Waals surface area contributed by atoms with Crippen LogP contribution >= 0.6 is 11.6 Å². The van der Waals surface area contributed by atoms with Gasteiger partial charge in [-0.1, -0.05) is 35.0 Å². The highest BCUT2D eigenvalue weighted by atomic mass is 35.5. The van der Waals surface area contributed by atoms with Gasteiger partial charge in [0.1, 0.15) is 24.0 Å². The molecule has 1 N–H and O–H groups in total.